The van der Waals surface area contributed by atoms with Crippen LogP contribution in [0.3, 0.4) is 0 Å². The molecule has 112 valence electrons. The van der Waals surface area contributed by atoms with E-state index in [1.165, 1.54) is 0 Å². The number of ether oxygens (including phenoxy) is 3. The molecule has 4 nitrogen and oxygen atoms in total. The highest BCUT2D eigenvalue weighted by Crippen LogP contribution is 2.45. The molecule has 0 amide bonds. The number of hydrogen-bond donors (Lipinski definition) is 0. The molecule has 0 bridgehead atoms. The lowest BCUT2D eigenvalue weighted by Gasteiger charge is -2.25. The van der Waals surface area contributed by atoms with Crippen molar-refractivity contribution in [2.75, 3.05) is 21.3 Å². The molecule has 1 atom stereocenters. The Balaban J connectivity index is 2.23. The maximum Gasteiger partial charge on any atom is 0.161 e. The lowest BCUT2D eigenvalue weighted by Crippen LogP contribution is -2.10. The van der Waals surface area contributed by atoms with Crippen LogP contribution in [-0.2, 0) is 6.42 Å². The van der Waals surface area contributed by atoms with Crippen LogP contribution in [0.4, 0.5) is 0 Å². The van der Waals surface area contributed by atoms with Gasteiger partial charge in [-0.2, -0.15) is 5.26 Å². The Hall–Kier alpha value is -2.67. The monoisotopic (exact) mass is 295 g/mol. The number of fused-ring (bicyclic) bond motifs is 3. The molecule has 1 aliphatic carbocycles. The summed E-state index contributed by atoms with van der Waals surface area (Å²) in [4.78, 5) is 0. The van der Waals surface area contributed by atoms with Gasteiger partial charge in [-0.1, -0.05) is 6.07 Å². The van der Waals surface area contributed by atoms with Crippen molar-refractivity contribution in [3.05, 3.63) is 41.5 Å². The van der Waals surface area contributed by atoms with Crippen LogP contribution in [0, 0.1) is 11.3 Å². The second kappa shape index (κ2) is 5.61. The third kappa shape index (κ3) is 2.15. The van der Waals surface area contributed by atoms with E-state index in [4.69, 9.17) is 14.2 Å². The van der Waals surface area contributed by atoms with Gasteiger partial charge in [-0.15, -0.1) is 0 Å². The molecule has 0 saturated heterocycles. The van der Waals surface area contributed by atoms with Crippen LogP contribution in [0.25, 0.3) is 11.1 Å². The Labute approximate surface area is 129 Å². The van der Waals surface area contributed by atoms with Gasteiger partial charge < -0.3 is 14.2 Å². The predicted octanol–water partition coefficient (Wildman–Crippen LogP) is 3.54. The second-order valence-electron chi connectivity index (χ2n) is 5.20. The highest BCUT2D eigenvalue weighted by Gasteiger charge is 2.26. The number of methoxy groups -OCH3 is 3. The topological polar surface area (TPSA) is 51.5 Å². The largest absolute Gasteiger partial charge is 0.497 e. The van der Waals surface area contributed by atoms with E-state index in [1.807, 2.05) is 30.3 Å². The average molecular weight is 295 g/mol. The molecule has 0 heterocycles. The Kier molecular flexibility index (Phi) is 3.64. The fraction of sp³-hybridized carbons (Fsp3) is 0.278. The SMILES string of the molecule is COc1ccc2c(c1)C(C#N)Cc1cc(OC)c(OC)cc1-2. The quantitative estimate of drug-likeness (QED) is 0.869. The van der Waals surface area contributed by atoms with E-state index in [0.717, 1.165) is 28.0 Å². The van der Waals surface area contributed by atoms with Crippen molar-refractivity contribution in [1.82, 2.24) is 0 Å². The standard InChI is InChI=1S/C18H17NO3/c1-20-13-4-5-14-15(8-13)12(10-19)6-11-7-17(21-2)18(22-3)9-16(11)14/h4-5,7-9,12H,6H2,1-3H3. The number of hydrogen-bond acceptors (Lipinski definition) is 4. The predicted molar refractivity (Wildman–Crippen MR) is 83.6 cm³/mol. The first-order valence-electron chi connectivity index (χ1n) is 7.04. The van der Waals surface area contributed by atoms with Crippen LogP contribution in [0.5, 0.6) is 17.2 Å². The van der Waals surface area contributed by atoms with Crippen LogP contribution in [0.15, 0.2) is 30.3 Å². The molecule has 1 unspecified atom stereocenters. The van der Waals surface area contributed by atoms with Gasteiger partial charge in [0.05, 0.1) is 33.3 Å². The Morgan fingerprint density at radius 3 is 2.32 bits per heavy atom. The van der Waals surface area contributed by atoms with Crippen molar-refractivity contribution in [1.29, 1.82) is 5.26 Å². The smallest absolute Gasteiger partial charge is 0.161 e. The molecule has 3 rings (SSSR count). The van der Waals surface area contributed by atoms with Crippen molar-refractivity contribution >= 4 is 0 Å². The molecule has 0 N–H and O–H groups in total. The van der Waals surface area contributed by atoms with Gasteiger partial charge in [0.1, 0.15) is 5.75 Å². The van der Waals surface area contributed by atoms with Gasteiger partial charge in [0.25, 0.3) is 0 Å². The minimum absolute atomic E-state index is 0.185. The summed E-state index contributed by atoms with van der Waals surface area (Å²) in [6.07, 6.45) is 0.659. The molecule has 2 aromatic carbocycles. The first-order valence-corrected chi connectivity index (χ1v) is 7.04. The summed E-state index contributed by atoms with van der Waals surface area (Å²) in [5.74, 6) is 1.96. The molecular weight excluding hydrogens is 278 g/mol. The van der Waals surface area contributed by atoms with Gasteiger partial charge in [-0.25, -0.2) is 0 Å². The zero-order valence-electron chi connectivity index (χ0n) is 12.8. The number of nitriles is 1. The molecule has 4 heteroatoms. The van der Waals surface area contributed by atoms with Crippen molar-refractivity contribution in [2.24, 2.45) is 0 Å². The summed E-state index contributed by atoms with van der Waals surface area (Å²) in [6.45, 7) is 0. The fourth-order valence-corrected chi connectivity index (χ4v) is 2.99. The molecule has 0 aliphatic heterocycles. The fourth-order valence-electron chi connectivity index (χ4n) is 2.99. The van der Waals surface area contributed by atoms with Gasteiger partial charge in [0.15, 0.2) is 11.5 Å². The van der Waals surface area contributed by atoms with E-state index < -0.39 is 0 Å². The summed E-state index contributed by atoms with van der Waals surface area (Å²) in [5, 5.41) is 9.51. The molecule has 0 fully saturated rings. The first-order chi connectivity index (χ1) is 10.7. The zero-order chi connectivity index (χ0) is 15.7. The molecule has 0 radical (unpaired) electrons. The lowest BCUT2D eigenvalue weighted by molar-refractivity contribution is 0.354. The van der Waals surface area contributed by atoms with Crippen LogP contribution in [0.2, 0.25) is 0 Å². The van der Waals surface area contributed by atoms with Gasteiger partial charge in [0, 0.05) is 0 Å². The Bertz CT molecular complexity index is 762. The summed E-state index contributed by atoms with van der Waals surface area (Å²) < 4.78 is 16.1. The molecule has 22 heavy (non-hydrogen) atoms. The highest BCUT2D eigenvalue weighted by atomic mass is 16.5. The van der Waals surface area contributed by atoms with E-state index in [1.54, 1.807) is 21.3 Å². The normalized spacial score (nSPS) is 15.3. The van der Waals surface area contributed by atoms with Crippen molar-refractivity contribution in [3.63, 3.8) is 0 Å². The summed E-state index contributed by atoms with van der Waals surface area (Å²) in [6, 6.07) is 12.2. The van der Waals surface area contributed by atoms with E-state index in [0.29, 0.717) is 17.9 Å². The molecule has 2 aromatic rings. The number of rotatable bonds is 3. The van der Waals surface area contributed by atoms with Crippen LogP contribution in [-0.4, -0.2) is 21.3 Å². The Morgan fingerprint density at radius 1 is 0.955 bits per heavy atom. The summed E-state index contributed by atoms with van der Waals surface area (Å²) in [7, 11) is 4.88. The summed E-state index contributed by atoms with van der Waals surface area (Å²) in [5.41, 5.74) is 4.24. The van der Waals surface area contributed by atoms with Crippen LogP contribution < -0.4 is 14.2 Å². The molecule has 0 aromatic heterocycles. The van der Waals surface area contributed by atoms with Crippen LogP contribution >= 0.6 is 0 Å². The Morgan fingerprint density at radius 2 is 1.68 bits per heavy atom. The van der Waals surface area contributed by atoms with Crippen LogP contribution in [0.1, 0.15) is 17.0 Å². The van der Waals surface area contributed by atoms with E-state index in [-0.39, 0.29) is 5.92 Å². The highest BCUT2D eigenvalue weighted by molar-refractivity contribution is 5.78. The first kappa shape index (κ1) is 14.3. The minimum atomic E-state index is -0.185. The number of benzene rings is 2. The third-order valence-electron chi connectivity index (χ3n) is 4.11. The van der Waals surface area contributed by atoms with Gasteiger partial charge in [0.2, 0.25) is 0 Å². The lowest BCUT2D eigenvalue weighted by atomic mass is 9.79. The van der Waals surface area contributed by atoms with E-state index in [9.17, 15) is 5.26 Å². The average Bonchev–Trinajstić information content (AvgIpc) is 2.58. The molecule has 0 spiro atoms. The van der Waals surface area contributed by atoms with Crippen molar-refractivity contribution < 1.29 is 14.2 Å². The number of nitrogens with zero attached hydrogens (tertiary/aromatic N) is 1. The maximum absolute atomic E-state index is 9.51. The van der Waals surface area contributed by atoms with Gasteiger partial charge >= 0.3 is 0 Å². The van der Waals surface area contributed by atoms with E-state index in [2.05, 4.69) is 6.07 Å². The summed E-state index contributed by atoms with van der Waals surface area (Å²) >= 11 is 0. The van der Waals surface area contributed by atoms with Crippen molar-refractivity contribution in [2.45, 2.75) is 12.3 Å². The molecule has 0 saturated carbocycles. The van der Waals surface area contributed by atoms with Gasteiger partial charge in [-0.3, -0.25) is 0 Å². The molecule has 1 aliphatic rings. The third-order valence-corrected chi connectivity index (χ3v) is 4.11. The molecular formula is C18H17NO3. The second-order valence-corrected chi connectivity index (χ2v) is 5.20. The minimum Gasteiger partial charge on any atom is -0.497 e. The zero-order valence-corrected chi connectivity index (χ0v) is 12.8. The van der Waals surface area contributed by atoms with E-state index >= 15 is 0 Å². The maximum atomic E-state index is 9.51. The van der Waals surface area contributed by atoms with Gasteiger partial charge in [-0.05, 0) is 52.9 Å². The van der Waals surface area contributed by atoms with Crippen molar-refractivity contribution in [3.8, 4) is 34.4 Å².